The minimum Gasteiger partial charge on any atom is -0.328 e. The van der Waals surface area contributed by atoms with Gasteiger partial charge in [0.25, 0.3) is 0 Å². The first-order valence-corrected chi connectivity index (χ1v) is 9.22. The fourth-order valence-electron chi connectivity index (χ4n) is 3.90. The van der Waals surface area contributed by atoms with E-state index in [1.807, 2.05) is 12.1 Å². The normalized spacial score (nSPS) is 20.7. The maximum absolute atomic E-state index is 13.4. The Labute approximate surface area is 152 Å². The van der Waals surface area contributed by atoms with E-state index in [0.29, 0.717) is 12.0 Å². The highest BCUT2D eigenvalue weighted by atomic mass is 19.1. The highest BCUT2D eigenvalue weighted by molar-refractivity contribution is 5.82. The average molecular weight is 350 g/mol. The highest BCUT2D eigenvalue weighted by Crippen LogP contribution is 2.40. The van der Waals surface area contributed by atoms with E-state index in [1.54, 1.807) is 24.5 Å². The molecule has 0 aliphatic heterocycles. The second kappa shape index (κ2) is 7.38. The Morgan fingerprint density at radius 3 is 2.46 bits per heavy atom. The number of halogens is 1. The molecule has 0 spiro atoms. The Bertz CT molecular complexity index is 857. The molecule has 134 valence electrons. The third-order valence-corrected chi connectivity index (χ3v) is 5.30. The summed E-state index contributed by atoms with van der Waals surface area (Å²) in [6.07, 6.45) is 9.01. The van der Waals surface area contributed by atoms with E-state index in [4.69, 9.17) is 5.73 Å². The van der Waals surface area contributed by atoms with Crippen LogP contribution in [0.5, 0.6) is 0 Å². The largest absolute Gasteiger partial charge is 0.328 e. The molecule has 2 aromatic heterocycles. The van der Waals surface area contributed by atoms with Gasteiger partial charge in [0.1, 0.15) is 11.5 Å². The smallest absolute Gasteiger partial charge is 0.123 e. The van der Waals surface area contributed by atoms with Crippen LogP contribution in [0.15, 0.2) is 48.8 Å². The summed E-state index contributed by atoms with van der Waals surface area (Å²) in [5, 5.41) is 7.91. The van der Waals surface area contributed by atoms with Crippen molar-refractivity contribution in [3.63, 3.8) is 0 Å². The lowest BCUT2D eigenvalue weighted by molar-refractivity contribution is 0.560. The first kappa shape index (κ1) is 16.9. The fourth-order valence-corrected chi connectivity index (χ4v) is 3.90. The summed E-state index contributed by atoms with van der Waals surface area (Å²) in [6.45, 7) is 0. The Hall–Kier alpha value is -2.53. The zero-order valence-electron chi connectivity index (χ0n) is 14.7. The lowest BCUT2D eigenvalue weighted by atomic mass is 9.89. The molecule has 5 heteroatoms. The highest BCUT2D eigenvalue weighted by Gasteiger charge is 2.25. The van der Waals surface area contributed by atoms with Crippen LogP contribution >= 0.6 is 0 Å². The molecule has 0 saturated heterocycles. The van der Waals surface area contributed by atoms with E-state index in [1.165, 1.54) is 12.1 Å². The number of hydrogen-bond acceptors (Lipinski definition) is 3. The summed E-state index contributed by atoms with van der Waals surface area (Å²) >= 11 is 0. The predicted molar refractivity (Wildman–Crippen MR) is 101 cm³/mol. The summed E-state index contributed by atoms with van der Waals surface area (Å²) in [5.41, 5.74) is 11.3. The van der Waals surface area contributed by atoms with Crippen molar-refractivity contribution >= 4 is 0 Å². The Morgan fingerprint density at radius 2 is 1.69 bits per heavy atom. The fraction of sp³-hybridized carbons (Fsp3) is 0.333. The van der Waals surface area contributed by atoms with Gasteiger partial charge in [-0.3, -0.25) is 10.1 Å². The molecule has 2 unspecified atom stereocenters. The van der Waals surface area contributed by atoms with Crippen molar-refractivity contribution in [1.82, 2.24) is 15.2 Å². The summed E-state index contributed by atoms with van der Waals surface area (Å²) in [5.74, 6) is 0.168. The van der Waals surface area contributed by atoms with Crippen LogP contribution < -0.4 is 5.73 Å². The van der Waals surface area contributed by atoms with Crippen LogP contribution in [-0.2, 0) is 0 Å². The predicted octanol–water partition coefficient (Wildman–Crippen LogP) is 4.65. The molecule has 1 aliphatic carbocycles. The number of hydrogen-bond donors (Lipinski definition) is 2. The van der Waals surface area contributed by atoms with E-state index in [0.717, 1.165) is 60.2 Å². The Kier molecular flexibility index (Phi) is 4.80. The van der Waals surface area contributed by atoms with Crippen LogP contribution in [0.1, 0.15) is 43.7 Å². The lowest BCUT2D eigenvalue weighted by Crippen LogP contribution is -2.18. The van der Waals surface area contributed by atoms with Crippen LogP contribution in [0.4, 0.5) is 4.39 Å². The Morgan fingerprint density at radius 1 is 0.923 bits per heavy atom. The van der Waals surface area contributed by atoms with Crippen molar-refractivity contribution in [1.29, 1.82) is 0 Å². The second-order valence-corrected chi connectivity index (χ2v) is 7.07. The van der Waals surface area contributed by atoms with Crippen molar-refractivity contribution in [3.05, 3.63) is 60.3 Å². The quantitative estimate of drug-likeness (QED) is 0.676. The summed E-state index contributed by atoms with van der Waals surface area (Å²) in [7, 11) is 0. The molecule has 1 saturated carbocycles. The summed E-state index contributed by atoms with van der Waals surface area (Å²) in [6, 6.07) is 10.8. The van der Waals surface area contributed by atoms with Gasteiger partial charge in [-0.15, -0.1) is 0 Å². The molecule has 3 aromatic rings. The third-order valence-electron chi connectivity index (χ3n) is 5.30. The minimum absolute atomic E-state index is 0.243. The van der Waals surface area contributed by atoms with E-state index < -0.39 is 0 Å². The molecule has 1 aromatic carbocycles. The molecule has 26 heavy (non-hydrogen) atoms. The molecule has 4 nitrogen and oxygen atoms in total. The molecule has 3 N–H and O–H groups in total. The second-order valence-electron chi connectivity index (χ2n) is 7.07. The number of pyridine rings is 1. The molecule has 2 heterocycles. The molecule has 4 rings (SSSR count). The van der Waals surface area contributed by atoms with Crippen LogP contribution in [0, 0.1) is 5.82 Å². The molecule has 0 radical (unpaired) electrons. The zero-order chi connectivity index (χ0) is 17.9. The van der Waals surface area contributed by atoms with Gasteiger partial charge < -0.3 is 5.73 Å². The van der Waals surface area contributed by atoms with Crippen molar-refractivity contribution < 1.29 is 4.39 Å². The maximum Gasteiger partial charge on any atom is 0.123 e. The number of aromatic amines is 1. The molecule has 1 fully saturated rings. The van der Waals surface area contributed by atoms with Crippen molar-refractivity contribution in [3.8, 4) is 22.4 Å². The molecular formula is C21H23FN4. The van der Waals surface area contributed by atoms with Gasteiger partial charge >= 0.3 is 0 Å². The number of aromatic nitrogens is 3. The van der Waals surface area contributed by atoms with Gasteiger partial charge in [-0.25, -0.2) is 4.39 Å². The molecule has 0 amide bonds. The van der Waals surface area contributed by atoms with Gasteiger partial charge in [0.15, 0.2) is 0 Å². The SMILES string of the molecule is NC1CCCC(c2[nH]nc(-c3ccc(F)cc3)c2-c2ccncc2)CC1. The number of benzene rings is 1. The van der Waals surface area contributed by atoms with Gasteiger partial charge in [0.2, 0.25) is 0 Å². The van der Waals surface area contributed by atoms with Gasteiger partial charge in [0, 0.05) is 41.2 Å². The Balaban J connectivity index is 1.80. The monoisotopic (exact) mass is 350 g/mol. The number of rotatable bonds is 3. The number of nitrogens with zero attached hydrogens (tertiary/aromatic N) is 2. The van der Waals surface area contributed by atoms with Crippen molar-refractivity contribution in [2.24, 2.45) is 5.73 Å². The topological polar surface area (TPSA) is 67.6 Å². The van der Waals surface area contributed by atoms with E-state index in [-0.39, 0.29) is 5.82 Å². The van der Waals surface area contributed by atoms with Crippen LogP contribution in [0.2, 0.25) is 0 Å². The van der Waals surface area contributed by atoms with Crippen molar-refractivity contribution in [2.75, 3.05) is 0 Å². The molecule has 2 atom stereocenters. The molecular weight excluding hydrogens is 327 g/mol. The van der Waals surface area contributed by atoms with Crippen LogP contribution in [-0.4, -0.2) is 21.2 Å². The zero-order valence-corrected chi connectivity index (χ0v) is 14.7. The summed E-state index contributed by atoms with van der Waals surface area (Å²) in [4.78, 5) is 4.14. The van der Waals surface area contributed by atoms with E-state index in [9.17, 15) is 4.39 Å². The maximum atomic E-state index is 13.4. The standard InChI is InChI=1S/C21H23FN4/c22-17-7-4-16(5-8-17)21-19(14-10-12-24-13-11-14)20(25-26-21)15-2-1-3-18(23)9-6-15/h4-5,7-8,10-13,15,18H,1-3,6,9,23H2,(H,25,26). The van der Waals surface area contributed by atoms with Gasteiger partial charge in [-0.2, -0.15) is 5.10 Å². The van der Waals surface area contributed by atoms with Gasteiger partial charge in [0.05, 0.1) is 0 Å². The number of nitrogens with two attached hydrogens (primary N) is 1. The molecule has 1 aliphatic rings. The molecule has 0 bridgehead atoms. The average Bonchev–Trinajstić information content (AvgIpc) is 2.99. The van der Waals surface area contributed by atoms with Crippen LogP contribution in [0.3, 0.4) is 0 Å². The first-order chi connectivity index (χ1) is 12.7. The van der Waals surface area contributed by atoms with Gasteiger partial charge in [-0.1, -0.05) is 6.42 Å². The van der Waals surface area contributed by atoms with Crippen LogP contribution in [0.25, 0.3) is 22.4 Å². The number of H-pyrrole nitrogens is 1. The number of nitrogens with one attached hydrogen (secondary N) is 1. The summed E-state index contributed by atoms with van der Waals surface area (Å²) < 4.78 is 13.4. The third kappa shape index (κ3) is 3.40. The first-order valence-electron chi connectivity index (χ1n) is 9.22. The van der Waals surface area contributed by atoms with E-state index >= 15 is 0 Å². The van der Waals surface area contributed by atoms with Gasteiger partial charge in [-0.05, 0) is 67.6 Å². The van der Waals surface area contributed by atoms with Crippen molar-refractivity contribution in [2.45, 2.75) is 44.1 Å². The van der Waals surface area contributed by atoms with E-state index in [2.05, 4.69) is 15.2 Å². The lowest BCUT2D eigenvalue weighted by Gasteiger charge is -2.15. The minimum atomic E-state index is -0.243.